The number of hydrogen-bond acceptors (Lipinski definition) is 3. The van der Waals surface area contributed by atoms with Crippen LogP contribution in [0.15, 0.2) is 18.2 Å². The van der Waals surface area contributed by atoms with E-state index in [1.807, 2.05) is 25.2 Å². The summed E-state index contributed by atoms with van der Waals surface area (Å²) in [5.41, 5.74) is 1.08. The minimum Gasteiger partial charge on any atom is -0.493 e. The van der Waals surface area contributed by atoms with Gasteiger partial charge in [0.05, 0.1) is 6.61 Å². The van der Waals surface area contributed by atoms with Gasteiger partial charge in [-0.15, -0.1) is 0 Å². The lowest BCUT2D eigenvalue weighted by Crippen LogP contribution is -2.14. The monoisotopic (exact) mass is 257 g/mol. The molecule has 3 nitrogen and oxygen atoms in total. The van der Waals surface area contributed by atoms with Crippen molar-refractivity contribution in [3.63, 3.8) is 0 Å². The van der Waals surface area contributed by atoms with Crippen LogP contribution in [0.1, 0.15) is 24.9 Å². The van der Waals surface area contributed by atoms with Gasteiger partial charge in [-0.25, -0.2) is 0 Å². The van der Waals surface area contributed by atoms with Gasteiger partial charge in [-0.3, -0.25) is 0 Å². The van der Waals surface area contributed by atoms with Gasteiger partial charge in [-0.05, 0) is 32.2 Å². The molecule has 0 aromatic heterocycles. The number of benzene rings is 1. The summed E-state index contributed by atoms with van der Waals surface area (Å²) in [4.78, 5) is 0. The van der Waals surface area contributed by atoms with Crippen LogP contribution in [0.5, 0.6) is 5.75 Å². The van der Waals surface area contributed by atoms with Crippen LogP contribution < -0.4 is 10.1 Å². The normalized spacial score (nSPS) is 12.5. The molecule has 0 saturated heterocycles. The summed E-state index contributed by atoms with van der Waals surface area (Å²) >= 11 is 6.00. The maximum atomic E-state index is 6.00. The maximum absolute atomic E-state index is 6.00. The Balaban J connectivity index is 2.69. The highest BCUT2D eigenvalue weighted by molar-refractivity contribution is 6.30. The van der Waals surface area contributed by atoms with Crippen molar-refractivity contribution in [2.45, 2.75) is 19.4 Å². The summed E-state index contributed by atoms with van der Waals surface area (Å²) < 4.78 is 10.7. The van der Waals surface area contributed by atoms with Crippen LogP contribution in [0, 0.1) is 0 Å². The van der Waals surface area contributed by atoms with Crippen LogP contribution in [0.25, 0.3) is 0 Å². The van der Waals surface area contributed by atoms with Gasteiger partial charge in [0.15, 0.2) is 0 Å². The van der Waals surface area contributed by atoms with Crippen molar-refractivity contribution < 1.29 is 9.47 Å². The molecule has 0 amide bonds. The minimum atomic E-state index is 0.214. The number of rotatable bonds is 7. The van der Waals surface area contributed by atoms with Gasteiger partial charge in [0, 0.05) is 36.8 Å². The van der Waals surface area contributed by atoms with E-state index in [-0.39, 0.29) is 6.04 Å². The van der Waals surface area contributed by atoms with Gasteiger partial charge in [-0.2, -0.15) is 0 Å². The van der Waals surface area contributed by atoms with Gasteiger partial charge >= 0.3 is 0 Å². The summed E-state index contributed by atoms with van der Waals surface area (Å²) in [5, 5.41) is 3.92. The van der Waals surface area contributed by atoms with Crippen molar-refractivity contribution in [3.05, 3.63) is 28.8 Å². The molecule has 0 aliphatic carbocycles. The van der Waals surface area contributed by atoms with Crippen LogP contribution in [-0.2, 0) is 4.74 Å². The molecule has 4 heteroatoms. The average molecular weight is 258 g/mol. The lowest BCUT2D eigenvalue weighted by molar-refractivity contribution is 0.171. The highest BCUT2D eigenvalue weighted by Gasteiger charge is 2.10. The smallest absolute Gasteiger partial charge is 0.124 e. The van der Waals surface area contributed by atoms with E-state index in [4.69, 9.17) is 21.1 Å². The topological polar surface area (TPSA) is 30.5 Å². The minimum absolute atomic E-state index is 0.214. The van der Waals surface area contributed by atoms with E-state index < -0.39 is 0 Å². The molecule has 0 spiro atoms. The standard InChI is InChI=1S/C13H20ClNO2/c1-10(15-2)12-9-11(14)5-6-13(12)17-8-4-7-16-3/h5-6,9-10,15H,4,7-8H2,1-3H3. The summed E-state index contributed by atoms with van der Waals surface area (Å²) in [7, 11) is 3.61. The molecular formula is C13H20ClNO2. The van der Waals surface area contributed by atoms with Crippen LogP contribution in [0.2, 0.25) is 5.02 Å². The summed E-state index contributed by atoms with van der Waals surface area (Å²) in [5.74, 6) is 0.882. The highest BCUT2D eigenvalue weighted by Crippen LogP contribution is 2.28. The number of methoxy groups -OCH3 is 1. The van der Waals surface area contributed by atoms with Crippen molar-refractivity contribution in [2.24, 2.45) is 0 Å². The predicted molar refractivity (Wildman–Crippen MR) is 70.9 cm³/mol. The zero-order chi connectivity index (χ0) is 12.7. The third kappa shape index (κ3) is 4.54. The van der Waals surface area contributed by atoms with E-state index in [9.17, 15) is 0 Å². The van der Waals surface area contributed by atoms with E-state index in [0.29, 0.717) is 13.2 Å². The third-order valence-corrected chi connectivity index (χ3v) is 2.86. The Morgan fingerprint density at radius 2 is 2.12 bits per heavy atom. The molecule has 0 fully saturated rings. The first-order valence-corrected chi connectivity index (χ1v) is 6.15. The molecular weight excluding hydrogens is 238 g/mol. The van der Waals surface area contributed by atoms with E-state index >= 15 is 0 Å². The van der Waals surface area contributed by atoms with Gasteiger partial charge in [0.1, 0.15) is 5.75 Å². The van der Waals surface area contributed by atoms with Crippen LogP contribution in [-0.4, -0.2) is 27.4 Å². The molecule has 0 aliphatic heterocycles. The molecule has 0 bridgehead atoms. The molecule has 1 atom stereocenters. The van der Waals surface area contributed by atoms with E-state index in [1.165, 1.54) is 0 Å². The molecule has 0 radical (unpaired) electrons. The van der Waals surface area contributed by atoms with Crippen LogP contribution >= 0.6 is 11.6 Å². The van der Waals surface area contributed by atoms with Crippen LogP contribution in [0.3, 0.4) is 0 Å². The quantitative estimate of drug-likeness (QED) is 0.762. The van der Waals surface area contributed by atoms with Crippen molar-refractivity contribution in [3.8, 4) is 5.75 Å². The Morgan fingerprint density at radius 3 is 2.76 bits per heavy atom. The van der Waals surface area contributed by atoms with Crippen LogP contribution in [0.4, 0.5) is 0 Å². The number of ether oxygens (including phenoxy) is 2. The Morgan fingerprint density at radius 1 is 1.35 bits per heavy atom. The van der Waals surface area contributed by atoms with E-state index in [1.54, 1.807) is 7.11 Å². The fourth-order valence-electron chi connectivity index (χ4n) is 1.53. The van der Waals surface area contributed by atoms with Gasteiger partial charge in [0.25, 0.3) is 0 Å². The Labute approximate surface area is 108 Å². The highest BCUT2D eigenvalue weighted by atomic mass is 35.5. The second-order valence-corrected chi connectivity index (χ2v) is 4.32. The molecule has 1 unspecified atom stereocenters. The zero-order valence-corrected chi connectivity index (χ0v) is 11.4. The molecule has 1 aromatic carbocycles. The first-order valence-electron chi connectivity index (χ1n) is 5.77. The van der Waals surface area contributed by atoms with E-state index in [0.717, 1.165) is 22.8 Å². The summed E-state index contributed by atoms with van der Waals surface area (Å²) in [6, 6.07) is 5.91. The van der Waals surface area contributed by atoms with Crippen molar-refractivity contribution in [1.29, 1.82) is 0 Å². The van der Waals surface area contributed by atoms with Crippen molar-refractivity contribution in [2.75, 3.05) is 27.4 Å². The largest absolute Gasteiger partial charge is 0.493 e. The Bertz CT molecular complexity index is 344. The number of hydrogen-bond donors (Lipinski definition) is 1. The van der Waals surface area contributed by atoms with Gasteiger partial charge < -0.3 is 14.8 Å². The average Bonchev–Trinajstić information content (AvgIpc) is 2.35. The number of halogens is 1. The van der Waals surface area contributed by atoms with Gasteiger partial charge in [0.2, 0.25) is 0 Å². The first kappa shape index (κ1) is 14.3. The SMILES string of the molecule is CNC(C)c1cc(Cl)ccc1OCCCOC. The Kier molecular flexibility index (Phi) is 6.34. The molecule has 1 rings (SSSR count). The molecule has 1 aromatic rings. The lowest BCUT2D eigenvalue weighted by Gasteiger charge is -2.16. The Hall–Kier alpha value is -0.770. The molecule has 0 aliphatic rings. The number of nitrogens with one attached hydrogen (secondary N) is 1. The summed E-state index contributed by atoms with van der Waals surface area (Å²) in [6.07, 6.45) is 0.881. The molecule has 96 valence electrons. The fourth-order valence-corrected chi connectivity index (χ4v) is 1.71. The molecule has 17 heavy (non-hydrogen) atoms. The van der Waals surface area contributed by atoms with Crippen molar-refractivity contribution >= 4 is 11.6 Å². The zero-order valence-electron chi connectivity index (χ0n) is 10.6. The fraction of sp³-hybridized carbons (Fsp3) is 0.538. The predicted octanol–water partition coefficient (Wildman–Crippen LogP) is 3.04. The third-order valence-electron chi connectivity index (χ3n) is 2.62. The molecule has 1 N–H and O–H groups in total. The molecule has 0 heterocycles. The second kappa shape index (κ2) is 7.54. The van der Waals surface area contributed by atoms with Gasteiger partial charge in [-0.1, -0.05) is 11.6 Å². The van der Waals surface area contributed by atoms with Crippen molar-refractivity contribution in [1.82, 2.24) is 5.32 Å². The maximum Gasteiger partial charge on any atom is 0.124 e. The first-order chi connectivity index (χ1) is 8.19. The second-order valence-electron chi connectivity index (χ2n) is 3.89. The van der Waals surface area contributed by atoms with E-state index in [2.05, 4.69) is 12.2 Å². The molecule has 0 saturated carbocycles. The lowest BCUT2D eigenvalue weighted by atomic mass is 10.1. The summed E-state index contributed by atoms with van der Waals surface area (Å²) in [6.45, 7) is 3.44.